The Labute approximate surface area is 62.6 Å². The lowest BCUT2D eigenvalue weighted by Gasteiger charge is -2.30. The fourth-order valence-electron chi connectivity index (χ4n) is 1.66. The Bertz CT molecular complexity index is 105. The van der Waals surface area contributed by atoms with Crippen molar-refractivity contribution in [3.63, 3.8) is 0 Å². The maximum Gasteiger partial charge on any atom is 0.0322 e. The van der Waals surface area contributed by atoms with Gasteiger partial charge in [0.05, 0.1) is 0 Å². The van der Waals surface area contributed by atoms with E-state index < -0.39 is 0 Å². The van der Waals surface area contributed by atoms with Gasteiger partial charge < -0.3 is 5.21 Å². The Hall–Kier alpha value is -0.0800. The second kappa shape index (κ2) is 3.35. The van der Waals surface area contributed by atoms with Gasteiger partial charge in [0, 0.05) is 6.04 Å². The summed E-state index contributed by atoms with van der Waals surface area (Å²) in [6.45, 7) is 4.55. The highest BCUT2D eigenvalue weighted by Crippen LogP contribution is 2.28. The van der Waals surface area contributed by atoms with Gasteiger partial charge in [0.25, 0.3) is 0 Å². The Morgan fingerprint density at radius 3 is 2.40 bits per heavy atom. The van der Waals surface area contributed by atoms with Crippen molar-refractivity contribution in [3.05, 3.63) is 0 Å². The van der Waals surface area contributed by atoms with Crippen LogP contribution in [0.2, 0.25) is 0 Å². The number of rotatable bonds is 1. The van der Waals surface area contributed by atoms with Crippen molar-refractivity contribution in [2.45, 2.75) is 39.2 Å². The van der Waals surface area contributed by atoms with Gasteiger partial charge in [-0.1, -0.05) is 13.8 Å². The molecule has 0 aromatic heterocycles. The van der Waals surface area contributed by atoms with Gasteiger partial charge in [0.1, 0.15) is 0 Å². The van der Waals surface area contributed by atoms with Crippen LogP contribution < -0.4 is 5.48 Å². The lowest BCUT2D eigenvalue weighted by atomic mass is 9.79. The second-order valence-corrected chi connectivity index (χ2v) is 3.59. The molecule has 60 valence electrons. The van der Waals surface area contributed by atoms with E-state index in [1.54, 1.807) is 0 Å². The van der Waals surface area contributed by atoms with Crippen LogP contribution in [-0.4, -0.2) is 11.2 Å². The maximum atomic E-state index is 8.65. The molecule has 0 bridgehead atoms. The van der Waals surface area contributed by atoms with Gasteiger partial charge in [-0.25, -0.2) is 5.48 Å². The normalized spacial score (nSPS) is 41.7. The molecule has 1 rings (SSSR count). The van der Waals surface area contributed by atoms with Crippen LogP contribution in [0.25, 0.3) is 0 Å². The molecular formula is C8H17NO. The van der Waals surface area contributed by atoms with Crippen LogP contribution in [0.15, 0.2) is 0 Å². The monoisotopic (exact) mass is 143 g/mol. The van der Waals surface area contributed by atoms with Crippen molar-refractivity contribution in [1.82, 2.24) is 5.48 Å². The van der Waals surface area contributed by atoms with Crippen LogP contribution in [0.1, 0.15) is 33.1 Å². The van der Waals surface area contributed by atoms with E-state index >= 15 is 0 Å². The summed E-state index contributed by atoms with van der Waals surface area (Å²) in [6.07, 6.45) is 3.50. The average molecular weight is 143 g/mol. The number of hydrogen-bond donors (Lipinski definition) is 2. The molecule has 0 amide bonds. The predicted molar refractivity (Wildman–Crippen MR) is 40.9 cm³/mol. The molecule has 0 aromatic rings. The minimum atomic E-state index is 0.353. The van der Waals surface area contributed by atoms with Crippen LogP contribution in [0, 0.1) is 11.8 Å². The molecule has 0 radical (unpaired) electrons. The second-order valence-electron chi connectivity index (χ2n) is 3.59. The predicted octanol–water partition coefficient (Wildman–Crippen LogP) is 1.79. The standard InChI is InChI=1S/C8H17NO/c1-6-3-4-8(9-10)5-7(6)2/h6-10H,3-5H2,1-2H3. The summed E-state index contributed by atoms with van der Waals surface area (Å²) in [6, 6.07) is 0.353. The number of hydroxylamine groups is 1. The van der Waals surface area contributed by atoms with E-state index in [-0.39, 0.29) is 0 Å². The van der Waals surface area contributed by atoms with E-state index in [9.17, 15) is 0 Å². The Morgan fingerprint density at radius 2 is 1.90 bits per heavy atom. The highest BCUT2D eigenvalue weighted by molar-refractivity contribution is 4.77. The highest BCUT2D eigenvalue weighted by atomic mass is 16.5. The molecule has 1 fully saturated rings. The van der Waals surface area contributed by atoms with Crippen LogP contribution in [-0.2, 0) is 0 Å². The van der Waals surface area contributed by atoms with E-state index in [4.69, 9.17) is 5.21 Å². The first-order chi connectivity index (χ1) is 4.74. The Morgan fingerprint density at radius 1 is 1.20 bits per heavy atom. The zero-order valence-corrected chi connectivity index (χ0v) is 6.80. The Kier molecular flexibility index (Phi) is 2.69. The fraction of sp³-hybridized carbons (Fsp3) is 1.00. The average Bonchev–Trinajstić information content (AvgIpc) is 1.95. The molecule has 2 heteroatoms. The van der Waals surface area contributed by atoms with E-state index in [1.807, 2.05) is 0 Å². The van der Waals surface area contributed by atoms with E-state index in [0.29, 0.717) is 6.04 Å². The minimum absolute atomic E-state index is 0.353. The van der Waals surface area contributed by atoms with Crippen LogP contribution >= 0.6 is 0 Å². The lowest BCUT2D eigenvalue weighted by Crippen LogP contribution is -2.34. The van der Waals surface area contributed by atoms with Gasteiger partial charge in [-0.15, -0.1) is 0 Å². The molecule has 1 aliphatic rings. The van der Waals surface area contributed by atoms with Crippen molar-refractivity contribution < 1.29 is 5.21 Å². The molecule has 0 aromatic carbocycles. The molecule has 2 nitrogen and oxygen atoms in total. The molecule has 3 atom stereocenters. The SMILES string of the molecule is CC1CCC(NO)CC1C. The molecule has 1 saturated carbocycles. The van der Waals surface area contributed by atoms with Crippen molar-refractivity contribution in [2.75, 3.05) is 0 Å². The van der Waals surface area contributed by atoms with Crippen molar-refractivity contribution in [3.8, 4) is 0 Å². The molecule has 0 saturated heterocycles. The molecular weight excluding hydrogens is 126 g/mol. The third-order valence-corrected chi connectivity index (χ3v) is 2.78. The van der Waals surface area contributed by atoms with E-state index in [1.165, 1.54) is 6.42 Å². The van der Waals surface area contributed by atoms with Crippen molar-refractivity contribution >= 4 is 0 Å². The summed E-state index contributed by atoms with van der Waals surface area (Å²) >= 11 is 0. The lowest BCUT2D eigenvalue weighted by molar-refractivity contribution is 0.0816. The Balaban J connectivity index is 2.33. The number of hydrogen-bond acceptors (Lipinski definition) is 2. The van der Waals surface area contributed by atoms with E-state index in [2.05, 4.69) is 19.3 Å². The third kappa shape index (κ3) is 1.70. The third-order valence-electron chi connectivity index (χ3n) is 2.78. The molecule has 10 heavy (non-hydrogen) atoms. The maximum absolute atomic E-state index is 8.65. The van der Waals surface area contributed by atoms with Gasteiger partial charge >= 0.3 is 0 Å². The molecule has 1 aliphatic carbocycles. The molecule has 2 N–H and O–H groups in total. The zero-order chi connectivity index (χ0) is 7.56. The van der Waals surface area contributed by atoms with Crippen LogP contribution in [0.4, 0.5) is 0 Å². The first-order valence-corrected chi connectivity index (χ1v) is 4.13. The zero-order valence-electron chi connectivity index (χ0n) is 6.80. The first kappa shape index (κ1) is 8.02. The number of nitrogens with one attached hydrogen (secondary N) is 1. The van der Waals surface area contributed by atoms with Crippen molar-refractivity contribution in [2.24, 2.45) is 11.8 Å². The van der Waals surface area contributed by atoms with Gasteiger partial charge in [0.2, 0.25) is 0 Å². The summed E-state index contributed by atoms with van der Waals surface area (Å²) in [5.41, 5.74) is 2.35. The van der Waals surface area contributed by atoms with Gasteiger partial charge in [-0.2, -0.15) is 0 Å². The molecule has 3 unspecified atom stereocenters. The van der Waals surface area contributed by atoms with Crippen LogP contribution in [0.3, 0.4) is 0 Å². The smallest absolute Gasteiger partial charge is 0.0322 e. The van der Waals surface area contributed by atoms with Crippen LogP contribution in [0.5, 0.6) is 0 Å². The topological polar surface area (TPSA) is 32.3 Å². The summed E-state index contributed by atoms with van der Waals surface area (Å²) in [5.74, 6) is 1.60. The van der Waals surface area contributed by atoms with Crippen molar-refractivity contribution in [1.29, 1.82) is 0 Å². The van der Waals surface area contributed by atoms with E-state index in [0.717, 1.165) is 24.7 Å². The minimum Gasteiger partial charge on any atom is -0.317 e. The quantitative estimate of drug-likeness (QED) is 0.548. The highest BCUT2D eigenvalue weighted by Gasteiger charge is 2.23. The first-order valence-electron chi connectivity index (χ1n) is 4.13. The largest absolute Gasteiger partial charge is 0.317 e. The summed E-state index contributed by atoms with van der Waals surface area (Å²) < 4.78 is 0. The molecule has 0 heterocycles. The molecule has 0 spiro atoms. The van der Waals surface area contributed by atoms with Gasteiger partial charge in [-0.3, -0.25) is 0 Å². The fourth-order valence-corrected chi connectivity index (χ4v) is 1.66. The van der Waals surface area contributed by atoms with Gasteiger partial charge in [-0.05, 0) is 31.1 Å². The summed E-state index contributed by atoms with van der Waals surface area (Å²) in [5, 5.41) is 8.65. The summed E-state index contributed by atoms with van der Waals surface area (Å²) in [4.78, 5) is 0. The summed E-state index contributed by atoms with van der Waals surface area (Å²) in [7, 11) is 0. The van der Waals surface area contributed by atoms with Gasteiger partial charge in [0.15, 0.2) is 0 Å². The molecule has 0 aliphatic heterocycles.